The number of carboxylic acids is 1. The third-order valence-electron chi connectivity index (χ3n) is 2.25. The Morgan fingerprint density at radius 2 is 1.94 bits per heavy atom. The van der Waals surface area contributed by atoms with Gasteiger partial charge < -0.3 is 10.0 Å². The Balaban J connectivity index is 2.75. The molecule has 0 aliphatic heterocycles. The third-order valence-corrected chi connectivity index (χ3v) is 2.25. The summed E-state index contributed by atoms with van der Waals surface area (Å²) in [7, 11) is 3.78. The fourth-order valence-electron chi connectivity index (χ4n) is 1.32. The molecular weight excluding hydrogens is 206 g/mol. The third kappa shape index (κ3) is 3.38. The van der Waals surface area contributed by atoms with Crippen LogP contribution in [0.5, 0.6) is 0 Å². The summed E-state index contributed by atoms with van der Waals surface area (Å²) in [6.45, 7) is 0. The zero-order valence-electron chi connectivity index (χ0n) is 9.43. The van der Waals surface area contributed by atoms with E-state index < -0.39 is 5.97 Å². The Labute approximate surface area is 94.5 Å². The van der Waals surface area contributed by atoms with Crippen molar-refractivity contribution in [2.24, 2.45) is 0 Å². The Morgan fingerprint density at radius 3 is 2.50 bits per heavy atom. The van der Waals surface area contributed by atoms with Crippen LogP contribution in [0.2, 0.25) is 0 Å². The maximum Gasteiger partial charge on any atom is 0.303 e. The number of carbonyl (C=O) groups excluding carboxylic acids is 1. The van der Waals surface area contributed by atoms with Crippen molar-refractivity contribution in [2.75, 3.05) is 19.0 Å². The van der Waals surface area contributed by atoms with Gasteiger partial charge in [0.2, 0.25) is 0 Å². The van der Waals surface area contributed by atoms with E-state index >= 15 is 0 Å². The maximum absolute atomic E-state index is 11.6. The molecule has 0 bridgehead atoms. The number of ketones is 1. The molecule has 0 fully saturated rings. The highest BCUT2D eigenvalue weighted by Crippen LogP contribution is 2.15. The highest BCUT2D eigenvalue weighted by molar-refractivity contribution is 5.98. The summed E-state index contributed by atoms with van der Waals surface area (Å²) < 4.78 is 0. The fraction of sp³-hybridized carbons (Fsp3) is 0.333. The van der Waals surface area contributed by atoms with Crippen LogP contribution in [0.3, 0.4) is 0 Å². The molecule has 4 heteroatoms. The number of hydrogen-bond acceptors (Lipinski definition) is 3. The van der Waals surface area contributed by atoms with Crippen LogP contribution in [0.1, 0.15) is 23.2 Å². The molecule has 0 amide bonds. The minimum Gasteiger partial charge on any atom is -0.481 e. The number of benzene rings is 1. The number of carbonyl (C=O) groups is 2. The average molecular weight is 221 g/mol. The van der Waals surface area contributed by atoms with Crippen LogP contribution >= 0.6 is 0 Å². The number of anilines is 1. The molecular formula is C12H15NO3. The summed E-state index contributed by atoms with van der Waals surface area (Å²) in [6, 6.07) is 7.17. The van der Waals surface area contributed by atoms with E-state index in [0.717, 1.165) is 5.69 Å². The molecule has 0 saturated heterocycles. The first kappa shape index (κ1) is 12.2. The van der Waals surface area contributed by atoms with E-state index in [1.807, 2.05) is 25.1 Å². The number of rotatable bonds is 5. The Kier molecular flexibility index (Phi) is 4.05. The molecule has 16 heavy (non-hydrogen) atoms. The molecule has 0 radical (unpaired) electrons. The summed E-state index contributed by atoms with van der Waals surface area (Å²) in [4.78, 5) is 23.9. The lowest BCUT2D eigenvalue weighted by Gasteiger charge is -2.12. The molecule has 1 N–H and O–H groups in total. The lowest BCUT2D eigenvalue weighted by Crippen LogP contribution is -2.10. The first-order chi connectivity index (χ1) is 7.50. The molecule has 0 saturated carbocycles. The molecule has 1 aromatic carbocycles. The normalized spacial score (nSPS) is 9.88. The van der Waals surface area contributed by atoms with Gasteiger partial charge in [-0.25, -0.2) is 0 Å². The Morgan fingerprint density at radius 1 is 1.25 bits per heavy atom. The lowest BCUT2D eigenvalue weighted by molar-refractivity contribution is -0.136. The van der Waals surface area contributed by atoms with E-state index in [1.165, 1.54) is 0 Å². The predicted molar refractivity (Wildman–Crippen MR) is 62.0 cm³/mol. The van der Waals surface area contributed by atoms with Crippen LogP contribution in [-0.2, 0) is 4.79 Å². The Hall–Kier alpha value is -1.84. The van der Waals surface area contributed by atoms with Crippen LogP contribution < -0.4 is 4.90 Å². The van der Waals surface area contributed by atoms with Crippen LogP contribution in [0.25, 0.3) is 0 Å². The van der Waals surface area contributed by atoms with Gasteiger partial charge in [0.1, 0.15) is 0 Å². The zero-order valence-corrected chi connectivity index (χ0v) is 9.43. The van der Waals surface area contributed by atoms with Gasteiger partial charge in [0, 0.05) is 31.8 Å². The molecule has 0 spiro atoms. The average Bonchev–Trinajstić information content (AvgIpc) is 2.26. The van der Waals surface area contributed by atoms with Crippen molar-refractivity contribution in [3.8, 4) is 0 Å². The molecule has 1 aromatic rings. The summed E-state index contributed by atoms with van der Waals surface area (Å²) in [5.74, 6) is -1.08. The lowest BCUT2D eigenvalue weighted by atomic mass is 10.1. The number of hydrogen-bond donors (Lipinski definition) is 1. The first-order valence-electron chi connectivity index (χ1n) is 5.03. The van der Waals surface area contributed by atoms with Gasteiger partial charge in [-0.2, -0.15) is 0 Å². The topological polar surface area (TPSA) is 57.6 Å². The molecule has 0 atom stereocenters. The van der Waals surface area contributed by atoms with Gasteiger partial charge in [-0.05, 0) is 12.1 Å². The van der Waals surface area contributed by atoms with E-state index in [-0.39, 0.29) is 18.6 Å². The highest BCUT2D eigenvalue weighted by Gasteiger charge is 2.09. The van der Waals surface area contributed by atoms with Gasteiger partial charge in [0.05, 0.1) is 6.42 Å². The molecule has 4 nitrogen and oxygen atoms in total. The number of carboxylic acid groups (broad SMARTS) is 1. The molecule has 0 aliphatic carbocycles. The van der Waals surface area contributed by atoms with Crippen LogP contribution in [0, 0.1) is 0 Å². The van der Waals surface area contributed by atoms with Gasteiger partial charge in [0.25, 0.3) is 0 Å². The number of Topliss-reactive ketones (excluding diaryl/α,β-unsaturated/α-hetero) is 1. The monoisotopic (exact) mass is 221 g/mol. The summed E-state index contributed by atoms with van der Waals surface area (Å²) in [6.07, 6.45) is -0.0722. The second-order valence-corrected chi connectivity index (χ2v) is 3.76. The van der Waals surface area contributed by atoms with Crippen molar-refractivity contribution < 1.29 is 14.7 Å². The molecule has 1 rings (SSSR count). The van der Waals surface area contributed by atoms with E-state index in [9.17, 15) is 9.59 Å². The van der Waals surface area contributed by atoms with E-state index in [2.05, 4.69) is 0 Å². The number of aliphatic carboxylic acids is 1. The number of nitrogens with zero attached hydrogens (tertiary/aromatic N) is 1. The van der Waals surface area contributed by atoms with Crippen LogP contribution in [-0.4, -0.2) is 31.0 Å². The molecule has 0 aliphatic rings. The molecule has 0 aromatic heterocycles. The summed E-state index contributed by atoms with van der Waals surface area (Å²) >= 11 is 0. The van der Waals surface area contributed by atoms with Gasteiger partial charge in [-0.15, -0.1) is 0 Å². The van der Waals surface area contributed by atoms with Crippen LogP contribution in [0.15, 0.2) is 24.3 Å². The zero-order chi connectivity index (χ0) is 12.1. The predicted octanol–water partition coefficient (Wildman–Crippen LogP) is 1.80. The maximum atomic E-state index is 11.6. The summed E-state index contributed by atoms with van der Waals surface area (Å²) in [5.41, 5.74) is 1.49. The smallest absolute Gasteiger partial charge is 0.303 e. The summed E-state index contributed by atoms with van der Waals surface area (Å²) in [5, 5.41) is 8.49. The molecule has 86 valence electrons. The van der Waals surface area contributed by atoms with Gasteiger partial charge in [-0.3, -0.25) is 9.59 Å². The standard InChI is InChI=1S/C12H15NO3/c1-13(2)10-5-3-4-9(8-10)11(14)6-7-12(15)16/h3-5,8H,6-7H2,1-2H3,(H,15,16). The SMILES string of the molecule is CN(C)c1cccc(C(=O)CCC(=O)O)c1. The van der Waals surface area contributed by atoms with Crippen molar-refractivity contribution in [1.82, 2.24) is 0 Å². The van der Waals surface area contributed by atoms with Crippen molar-refractivity contribution in [3.05, 3.63) is 29.8 Å². The van der Waals surface area contributed by atoms with Gasteiger partial charge >= 0.3 is 5.97 Å². The highest BCUT2D eigenvalue weighted by atomic mass is 16.4. The minimum absolute atomic E-state index is 0.0478. The van der Waals surface area contributed by atoms with Gasteiger partial charge in [-0.1, -0.05) is 12.1 Å². The fourth-order valence-corrected chi connectivity index (χ4v) is 1.32. The van der Waals surface area contributed by atoms with Crippen molar-refractivity contribution in [1.29, 1.82) is 0 Å². The van der Waals surface area contributed by atoms with Crippen molar-refractivity contribution in [3.63, 3.8) is 0 Å². The van der Waals surface area contributed by atoms with E-state index in [0.29, 0.717) is 5.56 Å². The van der Waals surface area contributed by atoms with Gasteiger partial charge in [0.15, 0.2) is 5.78 Å². The van der Waals surface area contributed by atoms with E-state index in [4.69, 9.17) is 5.11 Å². The Bertz CT molecular complexity index is 399. The first-order valence-corrected chi connectivity index (χ1v) is 5.03. The second-order valence-electron chi connectivity index (χ2n) is 3.76. The van der Waals surface area contributed by atoms with E-state index in [1.54, 1.807) is 18.2 Å². The van der Waals surface area contributed by atoms with Crippen LogP contribution in [0.4, 0.5) is 5.69 Å². The van der Waals surface area contributed by atoms with Crippen molar-refractivity contribution >= 4 is 17.4 Å². The molecule has 0 heterocycles. The van der Waals surface area contributed by atoms with Crippen molar-refractivity contribution in [2.45, 2.75) is 12.8 Å². The largest absolute Gasteiger partial charge is 0.481 e. The second kappa shape index (κ2) is 5.30. The minimum atomic E-state index is -0.947. The quantitative estimate of drug-likeness (QED) is 0.770. The molecule has 0 unspecified atom stereocenters.